The molecule has 5 nitrogen and oxygen atoms in total. The van der Waals surface area contributed by atoms with Crippen molar-refractivity contribution in [2.45, 2.75) is 23.5 Å². The van der Waals surface area contributed by atoms with Gasteiger partial charge in [0, 0.05) is 28.7 Å². The quantitative estimate of drug-likeness (QED) is 0.271. The summed E-state index contributed by atoms with van der Waals surface area (Å²) in [5, 5.41) is 17.8. The summed E-state index contributed by atoms with van der Waals surface area (Å²) in [5.74, 6) is 0.155. The van der Waals surface area contributed by atoms with E-state index < -0.39 is 4.92 Å². The van der Waals surface area contributed by atoms with Crippen molar-refractivity contribution in [3.8, 4) is 0 Å². The van der Waals surface area contributed by atoms with Crippen molar-refractivity contribution in [3.05, 3.63) is 34.4 Å². The molecule has 16 heavy (non-hydrogen) atoms. The third-order valence-electron chi connectivity index (χ3n) is 1.89. The lowest BCUT2D eigenvalue weighted by molar-refractivity contribution is -0.384. The molecular formula is C10H13N3O2S. The Morgan fingerprint density at radius 3 is 2.56 bits per heavy atom. The molecule has 0 aliphatic rings. The molecule has 0 amide bonds. The summed E-state index contributed by atoms with van der Waals surface area (Å²) < 4.78 is 0. The van der Waals surface area contributed by atoms with Crippen LogP contribution in [0.2, 0.25) is 0 Å². The fourth-order valence-corrected chi connectivity index (χ4v) is 2.25. The van der Waals surface area contributed by atoms with Gasteiger partial charge in [-0.3, -0.25) is 15.5 Å². The summed E-state index contributed by atoms with van der Waals surface area (Å²) in [5.41, 5.74) is 5.38. The standard InChI is InChI=1S/C10H13N3O2S/c1-7(6-10(11)12)16-9-4-2-8(3-5-9)13(14)15/h2-5,7H,6H2,1H3,(H3,11,12). The molecule has 0 fully saturated rings. The van der Waals surface area contributed by atoms with E-state index in [-0.39, 0.29) is 16.8 Å². The monoisotopic (exact) mass is 239 g/mol. The van der Waals surface area contributed by atoms with E-state index in [1.165, 1.54) is 12.1 Å². The Balaban J connectivity index is 2.61. The molecule has 3 N–H and O–H groups in total. The fourth-order valence-electron chi connectivity index (χ4n) is 1.23. The van der Waals surface area contributed by atoms with Gasteiger partial charge in [0.05, 0.1) is 10.8 Å². The molecule has 0 heterocycles. The molecule has 0 spiro atoms. The molecule has 1 atom stereocenters. The highest BCUT2D eigenvalue weighted by molar-refractivity contribution is 8.00. The Bertz CT molecular complexity index is 392. The summed E-state index contributed by atoms with van der Waals surface area (Å²) in [4.78, 5) is 11.0. The maximum Gasteiger partial charge on any atom is 0.269 e. The molecule has 0 saturated carbocycles. The number of hydrogen-bond acceptors (Lipinski definition) is 4. The third-order valence-corrected chi connectivity index (χ3v) is 3.01. The lowest BCUT2D eigenvalue weighted by atomic mass is 10.3. The molecule has 1 rings (SSSR count). The zero-order chi connectivity index (χ0) is 12.1. The Morgan fingerprint density at radius 1 is 1.56 bits per heavy atom. The molecule has 0 bridgehead atoms. The largest absolute Gasteiger partial charge is 0.388 e. The van der Waals surface area contributed by atoms with Gasteiger partial charge >= 0.3 is 0 Å². The maximum absolute atomic E-state index is 10.4. The summed E-state index contributed by atoms with van der Waals surface area (Å²) in [7, 11) is 0. The van der Waals surface area contributed by atoms with Gasteiger partial charge in [0.2, 0.25) is 0 Å². The second kappa shape index (κ2) is 5.50. The number of thioether (sulfide) groups is 1. The average molecular weight is 239 g/mol. The number of rotatable bonds is 5. The van der Waals surface area contributed by atoms with E-state index in [1.807, 2.05) is 6.92 Å². The predicted octanol–water partition coefficient (Wildman–Crippen LogP) is 2.40. The van der Waals surface area contributed by atoms with Crippen LogP contribution in [0.25, 0.3) is 0 Å². The number of nitrogens with zero attached hydrogens (tertiary/aromatic N) is 1. The molecule has 6 heteroatoms. The number of benzene rings is 1. The number of nitrogens with one attached hydrogen (secondary N) is 1. The van der Waals surface area contributed by atoms with Crippen molar-refractivity contribution in [1.82, 2.24) is 0 Å². The van der Waals surface area contributed by atoms with Crippen LogP contribution in [0.1, 0.15) is 13.3 Å². The molecule has 1 aromatic carbocycles. The van der Waals surface area contributed by atoms with Gasteiger partial charge in [-0.25, -0.2) is 0 Å². The van der Waals surface area contributed by atoms with Gasteiger partial charge in [-0.2, -0.15) is 0 Å². The molecule has 0 aliphatic carbocycles. The van der Waals surface area contributed by atoms with Gasteiger partial charge in [-0.05, 0) is 12.1 Å². The Kier molecular flexibility index (Phi) is 4.30. The fraction of sp³-hybridized carbons (Fsp3) is 0.300. The number of nitro benzene ring substituents is 1. The SMILES string of the molecule is CC(CC(=N)N)Sc1ccc([N+](=O)[O-])cc1. The Hall–Kier alpha value is -1.56. The molecule has 0 aromatic heterocycles. The number of nitrogens with two attached hydrogens (primary N) is 1. The van der Waals surface area contributed by atoms with Crippen molar-refractivity contribution >= 4 is 23.3 Å². The van der Waals surface area contributed by atoms with Crippen LogP contribution >= 0.6 is 11.8 Å². The molecule has 0 saturated heterocycles. The minimum absolute atomic E-state index is 0.0866. The van der Waals surface area contributed by atoms with E-state index in [1.54, 1.807) is 23.9 Å². The molecule has 1 aromatic rings. The molecule has 0 radical (unpaired) electrons. The topological polar surface area (TPSA) is 93.0 Å². The smallest absolute Gasteiger partial charge is 0.269 e. The van der Waals surface area contributed by atoms with Crippen LogP contribution in [-0.4, -0.2) is 16.0 Å². The van der Waals surface area contributed by atoms with Crippen LogP contribution in [0.5, 0.6) is 0 Å². The highest BCUT2D eigenvalue weighted by atomic mass is 32.2. The Labute approximate surface area is 97.7 Å². The van der Waals surface area contributed by atoms with Crippen LogP contribution in [-0.2, 0) is 0 Å². The van der Waals surface area contributed by atoms with E-state index in [2.05, 4.69) is 0 Å². The van der Waals surface area contributed by atoms with Crippen molar-refractivity contribution in [2.24, 2.45) is 5.73 Å². The van der Waals surface area contributed by atoms with E-state index in [9.17, 15) is 10.1 Å². The van der Waals surface area contributed by atoms with Crippen LogP contribution in [0.4, 0.5) is 5.69 Å². The minimum Gasteiger partial charge on any atom is -0.388 e. The van der Waals surface area contributed by atoms with Crippen molar-refractivity contribution < 1.29 is 4.92 Å². The average Bonchev–Trinajstić information content (AvgIpc) is 2.16. The first-order chi connectivity index (χ1) is 7.49. The van der Waals surface area contributed by atoms with Crippen molar-refractivity contribution in [2.75, 3.05) is 0 Å². The highest BCUT2D eigenvalue weighted by Gasteiger charge is 2.08. The van der Waals surface area contributed by atoms with Gasteiger partial charge in [0.1, 0.15) is 0 Å². The first-order valence-corrected chi connectivity index (χ1v) is 5.61. The van der Waals surface area contributed by atoms with Crippen LogP contribution < -0.4 is 5.73 Å². The lowest BCUT2D eigenvalue weighted by Gasteiger charge is -2.09. The van der Waals surface area contributed by atoms with E-state index in [4.69, 9.17) is 11.1 Å². The van der Waals surface area contributed by atoms with Gasteiger partial charge in [0.15, 0.2) is 0 Å². The lowest BCUT2D eigenvalue weighted by Crippen LogP contribution is -2.14. The van der Waals surface area contributed by atoms with E-state index in [0.717, 1.165) is 4.90 Å². The molecule has 1 unspecified atom stereocenters. The van der Waals surface area contributed by atoms with E-state index >= 15 is 0 Å². The summed E-state index contributed by atoms with van der Waals surface area (Å²) in [6, 6.07) is 6.37. The summed E-state index contributed by atoms with van der Waals surface area (Å²) in [6.07, 6.45) is 0.516. The van der Waals surface area contributed by atoms with Crippen molar-refractivity contribution in [1.29, 1.82) is 5.41 Å². The highest BCUT2D eigenvalue weighted by Crippen LogP contribution is 2.26. The molecule has 0 aliphatic heterocycles. The summed E-state index contributed by atoms with van der Waals surface area (Å²) >= 11 is 1.55. The number of nitro groups is 1. The first-order valence-electron chi connectivity index (χ1n) is 4.73. The van der Waals surface area contributed by atoms with Gasteiger partial charge < -0.3 is 5.73 Å². The van der Waals surface area contributed by atoms with Crippen molar-refractivity contribution in [3.63, 3.8) is 0 Å². The van der Waals surface area contributed by atoms with Crippen LogP contribution in [0.3, 0.4) is 0 Å². The number of hydrogen-bond donors (Lipinski definition) is 2. The Morgan fingerprint density at radius 2 is 2.12 bits per heavy atom. The first kappa shape index (κ1) is 12.5. The molecular weight excluding hydrogens is 226 g/mol. The van der Waals surface area contributed by atoms with Gasteiger partial charge in [-0.1, -0.05) is 6.92 Å². The number of non-ortho nitro benzene ring substituents is 1. The summed E-state index contributed by atoms with van der Waals surface area (Å²) in [6.45, 7) is 1.97. The van der Waals surface area contributed by atoms with Gasteiger partial charge in [0.25, 0.3) is 5.69 Å². The third kappa shape index (κ3) is 3.90. The van der Waals surface area contributed by atoms with E-state index in [0.29, 0.717) is 6.42 Å². The zero-order valence-electron chi connectivity index (χ0n) is 8.84. The second-order valence-electron chi connectivity index (χ2n) is 3.41. The molecule has 86 valence electrons. The second-order valence-corrected chi connectivity index (χ2v) is 4.92. The zero-order valence-corrected chi connectivity index (χ0v) is 9.66. The number of amidine groups is 1. The minimum atomic E-state index is -0.423. The maximum atomic E-state index is 10.4. The van der Waals surface area contributed by atoms with Gasteiger partial charge in [-0.15, -0.1) is 11.8 Å². The van der Waals surface area contributed by atoms with Crippen LogP contribution in [0.15, 0.2) is 29.2 Å². The normalized spacial score (nSPS) is 12.1. The van der Waals surface area contributed by atoms with Crippen LogP contribution in [0, 0.1) is 15.5 Å². The predicted molar refractivity (Wildman–Crippen MR) is 64.9 cm³/mol.